The number of nitrogens with zero attached hydrogens (tertiary/aromatic N) is 1. The molecule has 0 atom stereocenters. The third-order valence-electron chi connectivity index (χ3n) is 3.28. The maximum atomic E-state index is 11.8. The fraction of sp³-hybridized carbons (Fsp3) is 0.118. The first-order valence-corrected chi connectivity index (χ1v) is 7.10. The summed E-state index contributed by atoms with van der Waals surface area (Å²) in [7, 11) is 0. The van der Waals surface area contributed by atoms with Crippen molar-refractivity contribution < 1.29 is 9.53 Å². The Balaban J connectivity index is 2.00. The number of esters is 1. The summed E-state index contributed by atoms with van der Waals surface area (Å²) in [6, 6.07) is 13.4. The van der Waals surface area contributed by atoms with E-state index in [2.05, 4.69) is 6.07 Å². The van der Waals surface area contributed by atoms with Crippen molar-refractivity contribution in [2.24, 2.45) is 0 Å². The number of carbonyl (C=O) groups excluding carboxylic acids is 1. The second-order valence-corrected chi connectivity index (χ2v) is 5.14. The summed E-state index contributed by atoms with van der Waals surface area (Å²) < 4.78 is 6.94. The summed E-state index contributed by atoms with van der Waals surface area (Å²) in [5.41, 5.74) is 3.73. The van der Waals surface area contributed by atoms with Crippen molar-refractivity contribution >= 4 is 23.1 Å². The summed E-state index contributed by atoms with van der Waals surface area (Å²) in [5, 5.41) is 0.715. The molecule has 21 heavy (non-hydrogen) atoms. The number of hydrogen-bond acceptors (Lipinski definition) is 2. The second kappa shape index (κ2) is 5.62. The zero-order valence-corrected chi connectivity index (χ0v) is 12.3. The number of fused-ring (bicyclic) bond motifs is 1. The second-order valence-electron chi connectivity index (χ2n) is 4.71. The highest BCUT2D eigenvalue weighted by Gasteiger charge is 2.08. The molecule has 0 aliphatic rings. The van der Waals surface area contributed by atoms with Crippen LogP contribution in [0.4, 0.5) is 0 Å². The molecule has 3 aromatic rings. The topological polar surface area (TPSA) is 30.7 Å². The molecule has 2 heterocycles. The molecular formula is C17H14ClNO2. The number of aromatic nitrogens is 1. The highest BCUT2D eigenvalue weighted by Crippen LogP contribution is 2.24. The monoisotopic (exact) mass is 299 g/mol. The van der Waals surface area contributed by atoms with Crippen LogP contribution in [0.1, 0.15) is 17.3 Å². The molecule has 0 saturated heterocycles. The minimum atomic E-state index is -0.304. The molecule has 0 bridgehead atoms. The molecule has 106 valence electrons. The van der Waals surface area contributed by atoms with Gasteiger partial charge in [0.1, 0.15) is 0 Å². The first-order valence-electron chi connectivity index (χ1n) is 6.72. The van der Waals surface area contributed by atoms with Crippen molar-refractivity contribution in [2.75, 3.05) is 6.61 Å². The van der Waals surface area contributed by atoms with Gasteiger partial charge in [-0.3, -0.25) is 0 Å². The Labute approximate surface area is 127 Å². The lowest BCUT2D eigenvalue weighted by molar-refractivity contribution is 0.0526. The predicted molar refractivity (Wildman–Crippen MR) is 83.8 cm³/mol. The first-order chi connectivity index (χ1) is 10.2. The predicted octanol–water partition coefficient (Wildman–Crippen LogP) is 4.44. The van der Waals surface area contributed by atoms with Crippen LogP contribution in [0.3, 0.4) is 0 Å². The number of halogens is 1. The Morgan fingerprint density at radius 3 is 2.57 bits per heavy atom. The molecule has 3 rings (SSSR count). The van der Waals surface area contributed by atoms with E-state index in [-0.39, 0.29) is 5.97 Å². The Morgan fingerprint density at radius 1 is 1.10 bits per heavy atom. The average Bonchev–Trinajstić information content (AvgIpc) is 2.91. The molecule has 0 spiro atoms. The zero-order valence-electron chi connectivity index (χ0n) is 11.5. The van der Waals surface area contributed by atoms with E-state index in [0.29, 0.717) is 17.2 Å². The van der Waals surface area contributed by atoms with E-state index in [1.54, 1.807) is 19.2 Å². The van der Waals surface area contributed by atoms with E-state index < -0.39 is 0 Å². The van der Waals surface area contributed by atoms with Gasteiger partial charge in [-0.25, -0.2) is 4.79 Å². The highest BCUT2D eigenvalue weighted by atomic mass is 35.5. The molecule has 0 unspecified atom stereocenters. The Hall–Kier alpha value is -2.26. The van der Waals surface area contributed by atoms with Crippen LogP contribution in [-0.2, 0) is 4.74 Å². The van der Waals surface area contributed by atoms with Gasteiger partial charge in [0, 0.05) is 28.5 Å². The van der Waals surface area contributed by atoms with Gasteiger partial charge in [0.2, 0.25) is 0 Å². The summed E-state index contributed by atoms with van der Waals surface area (Å²) in [6.45, 7) is 2.17. The van der Waals surface area contributed by atoms with E-state index >= 15 is 0 Å². The van der Waals surface area contributed by atoms with Crippen molar-refractivity contribution in [3.63, 3.8) is 0 Å². The Bertz CT molecular complexity index is 790. The number of hydrogen-bond donors (Lipinski definition) is 0. The van der Waals surface area contributed by atoms with Gasteiger partial charge in [-0.2, -0.15) is 0 Å². The fourth-order valence-corrected chi connectivity index (χ4v) is 2.37. The smallest absolute Gasteiger partial charge is 0.339 e. The van der Waals surface area contributed by atoms with Crippen LogP contribution in [0.25, 0.3) is 16.6 Å². The molecule has 0 saturated carbocycles. The van der Waals surface area contributed by atoms with Gasteiger partial charge in [0.25, 0.3) is 0 Å². The lowest BCUT2D eigenvalue weighted by Gasteiger charge is -2.02. The van der Waals surface area contributed by atoms with Crippen LogP contribution in [0.5, 0.6) is 0 Å². The van der Waals surface area contributed by atoms with Crippen LogP contribution < -0.4 is 0 Å². The number of rotatable bonds is 3. The average molecular weight is 300 g/mol. The number of carbonyl (C=O) groups is 1. The van der Waals surface area contributed by atoms with E-state index in [4.69, 9.17) is 16.3 Å². The highest BCUT2D eigenvalue weighted by molar-refractivity contribution is 6.30. The quantitative estimate of drug-likeness (QED) is 0.670. The molecule has 0 N–H and O–H groups in total. The third kappa shape index (κ3) is 2.78. The molecule has 0 amide bonds. The first kappa shape index (κ1) is 13.7. The van der Waals surface area contributed by atoms with Gasteiger partial charge in [-0.1, -0.05) is 23.7 Å². The molecule has 0 aliphatic heterocycles. The van der Waals surface area contributed by atoms with E-state index in [9.17, 15) is 4.79 Å². The molecule has 2 aromatic heterocycles. The summed E-state index contributed by atoms with van der Waals surface area (Å²) in [5.74, 6) is -0.304. The van der Waals surface area contributed by atoms with Gasteiger partial charge in [0.15, 0.2) is 0 Å². The van der Waals surface area contributed by atoms with Gasteiger partial charge < -0.3 is 9.14 Å². The number of pyridine rings is 1. The minimum Gasteiger partial charge on any atom is -0.462 e. The molecular weight excluding hydrogens is 286 g/mol. The molecule has 3 nitrogen and oxygen atoms in total. The van der Waals surface area contributed by atoms with Crippen LogP contribution in [0.2, 0.25) is 5.02 Å². The molecule has 0 radical (unpaired) electrons. The Morgan fingerprint density at radius 2 is 1.86 bits per heavy atom. The molecule has 1 aromatic carbocycles. The van der Waals surface area contributed by atoms with Crippen LogP contribution >= 0.6 is 11.6 Å². The van der Waals surface area contributed by atoms with Crippen molar-refractivity contribution in [1.29, 1.82) is 0 Å². The SMILES string of the molecule is CCOC(=O)c1ccc2cc(-c3ccc(Cl)cc3)cn2c1. The summed E-state index contributed by atoms with van der Waals surface area (Å²) in [4.78, 5) is 11.8. The zero-order chi connectivity index (χ0) is 14.8. The molecule has 4 heteroatoms. The number of ether oxygens (including phenoxy) is 1. The van der Waals surface area contributed by atoms with Crippen molar-refractivity contribution in [1.82, 2.24) is 4.40 Å². The normalized spacial score (nSPS) is 10.8. The third-order valence-corrected chi connectivity index (χ3v) is 3.53. The van der Waals surface area contributed by atoms with Gasteiger partial charge >= 0.3 is 5.97 Å². The van der Waals surface area contributed by atoms with Gasteiger partial charge in [-0.15, -0.1) is 0 Å². The van der Waals surface area contributed by atoms with Crippen LogP contribution in [-0.4, -0.2) is 17.0 Å². The lowest BCUT2D eigenvalue weighted by Crippen LogP contribution is -2.05. The summed E-state index contributed by atoms with van der Waals surface area (Å²) in [6.07, 6.45) is 3.77. The van der Waals surface area contributed by atoms with Gasteiger partial charge in [0.05, 0.1) is 12.2 Å². The largest absolute Gasteiger partial charge is 0.462 e. The van der Waals surface area contributed by atoms with Crippen LogP contribution in [0, 0.1) is 0 Å². The minimum absolute atomic E-state index is 0.304. The van der Waals surface area contributed by atoms with Crippen molar-refractivity contribution in [3.05, 3.63) is 65.4 Å². The van der Waals surface area contributed by atoms with E-state index in [1.807, 2.05) is 40.9 Å². The maximum absolute atomic E-state index is 11.8. The summed E-state index contributed by atoms with van der Waals surface area (Å²) >= 11 is 5.91. The van der Waals surface area contributed by atoms with Crippen molar-refractivity contribution in [2.45, 2.75) is 6.92 Å². The fourth-order valence-electron chi connectivity index (χ4n) is 2.24. The Kier molecular flexibility index (Phi) is 3.67. The van der Waals surface area contributed by atoms with Gasteiger partial charge in [-0.05, 0) is 42.8 Å². The maximum Gasteiger partial charge on any atom is 0.339 e. The molecule has 0 aliphatic carbocycles. The van der Waals surface area contributed by atoms with E-state index in [0.717, 1.165) is 16.6 Å². The van der Waals surface area contributed by atoms with Crippen LogP contribution in [0.15, 0.2) is 54.9 Å². The standard InChI is InChI=1S/C17H14ClNO2/c1-2-21-17(20)13-5-8-16-9-14(11-19(16)10-13)12-3-6-15(18)7-4-12/h3-11H,2H2,1H3. The number of benzene rings is 1. The van der Waals surface area contributed by atoms with Crippen molar-refractivity contribution in [3.8, 4) is 11.1 Å². The molecule has 0 fully saturated rings. The lowest BCUT2D eigenvalue weighted by atomic mass is 10.1. The van der Waals surface area contributed by atoms with E-state index in [1.165, 1.54) is 0 Å².